The molecule has 0 heterocycles. The highest BCUT2D eigenvalue weighted by Gasteiger charge is 2.28. The quantitative estimate of drug-likeness (QED) is 0.415. The number of carbonyl (C=O) groups is 2. The molecular formula is C25H29BrCl2N2O3. The number of rotatable bonds is 8. The molecule has 1 atom stereocenters. The molecule has 0 aromatic heterocycles. The Morgan fingerprint density at radius 1 is 1.12 bits per heavy atom. The first-order valence-electron chi connectivity index (χ1n) is 11.2. The Morgan fingerprint density at radius 3 is 2.52 bits per heavy atom. The van der Waals surface area contributed by atoms with Crippen LogP contribution in [0.5, 0.6) is 5.75 Å². The molecule has 178 valence electrons. The van der Waals surface area contributed by atoms with E-state index in [1.54, 1.807) is 31.2 Å². The number of hydrogen-bond acceptors (Lipinski definition) is 3. The Morgan fingerprint density at radius 2 is 1.85 bits per heavy atom. The Balaban J connectivity index is 1.73. The van der Waals surface area contributed by atoms with Gasteiger partial charge < -0.3 is 15.0 Å². The van der Waals surface area contributed by atoms with Gasteiger partial charge in [0.05, 0.1) is 10.0 Å². The molecule has 2 aromatic rings. The predicted molar refractivity (Wildman–Crippen MR) is 136 cm³/mol. The van der Waals surface area contributed by atoms with Crippen LogP contribution in [-0.2, 0) is 16.1 Å². The van der Waals surface area contributed by atoms with E-state index in [-0.39, 0.29) is 31.0 Å². The van der Waals surface area contributed by atoms with E-state index in [2.05, 4.69) is 21.2 Å². The van der Waals surface area contributed by atoms with E-state index in [0.717, 1.165) is 41.3 Å². The molecule has 0 spiro atoms. The van der Waals surface area contributed by atoms with E-state index in [4.69, 9.17) is 27.9 Å². The summed E-state index contributed by atoms with van der Waals surface area (Å²) in [7, 11) is 0. The van der Waals surface area contributed by atoms with Crippen LogP contribution in [0.15, 0.2) is 40.9 Å². The Hall–Kier alpha value is -1.76. The minimum Gasteiger partial charge on any atom is -0.484 e. The van der Waals surface area contributed by atoms with Crippen molar-refractivity contribution >= 4 is 50.9 Å². The first-order valence-corrected chi connectivity index (χ1v) is 12.7. The van der Waals surface area contributed by atoms with E-state index >= 15 is 0 Å². The Kier molecular flexibility index (Phi) is 9.47. The van der Waals surface area contributed by atoms with Crippen LogP contribution >= 0.6 is 39.1 Å². The second-order valence-electron chi connectivity index (χ2n) is 8.49. The summed E-state index contributed by atoms with van der Waals surface area (Å²) < 4.78 is 6.72. The van der Waals surface area contributed by atoms with Crippen molar-refractivity contribution in [2.24, 2.45) is 0 Å². The van der Waals surface area contributed by atoms with Crippen molar-refractivity contribution in [2.75, 3.05) is 6.61 Å². The highest BCUT2D eigenvalue weighted by molar-refractivity contribution is 9.10. The van der Waals surface area contributed by atoms with Gasteiger partial charge in [-0.1, -0.05) is 64.5 Å². The lowest BCUT2D eigenvalue weighted by atomic mass is 9.95. The van der Waals surface area contributed by atoms with E-state index < -0.39 is 6.04 Å². The van der Waals surface area contributed by atoms with Crippen LogP contribution in [0.3, 0.4) is 0 Å². The number of nitrogens with one attached hydrogen (secondary N) is 1. The third kappa shape index (κ3) is 7.36. The third-order valence-electron chi connectivity index (χ3n) is 5.95. The van der Waals surface area contributed by atoms with Gasteiger partial charge >= 0.3 is 0 Å². The lowest BCUT2D eigenvalue weighted by molar-refractivity contribution is -0.142. The summed E-state index contributed by atoms with van der Waals surface area (Å²) in [4.78, 5) is 27.8. The summed E-state index contributed by atoms with van der Waals surface area (Å²) in [5, 5.41) is 3.97. The van der Waals surface area contributed by atoms with Gasteiger partial charge in [0.25, 0.3) is 5.91 Å². The van der Waals surface area contributed by atoms with Gasteiger partial charge in [-0.05, 0) is 68.1 Å². The molecule has 2 aromatic carbocycles. The Bertz CT molecular complexity index is 996. The minimum atomic E-state index is -0.663. The van der Waals surface area contributed by atoms with Gasteiger partial charge in [-0.2, -0.15) is 0 Å². The van der Waals surface area contributed by atoms with Crippen molar-refractivity contribution in [3.8, 4) is 5.75 Å². The molecule has 1 aliphatic carbocycles. The van der Waals surface area contributed by atoms with Crippen LogP contribution in [0.25, 0.3) is 0 Å². The highest BCUT2D eigenvalue weighted by atomic mass is 79.9. The monoisotopic (exact) mass is 554 g/mol. The fraction of sp³-hybridized carbons (Fsp3) is 0.440. The van der Waals surface area contributed by atoms with Crippen LogP contribution < -0.4 is 10.1 Å². The number of amides is 2. The lowest BCUT2D eigenvalue weighted by Crippen LogP contribution is -2.51. The number of hydrogen-bond donors (Lipinski definition) is 1. The largest absolute Gasteiger partial charge is 0.484 e. The molecule has 0 radical (unpaired) electrons. The molecule has 1 N–H and O–H groups in total. The fourth-order valence-corrected chi connectivity index (χ4v) is 4.49. The normalized spacial score (nSPS) is 15.1. The molecule has 2 amide bonds. The number of ether oxygens (including phenoxy) is 1. The van der Waals surface area contributed by atoms with Gasteiger partial charge in [0.2, 0.25) is 5.91 Å². The molecule has 0 saturated heterocycles. The first-order chi connectivity index (χ1) is 15.7. The van der Waals surface area contributed by atoms with Crippen molar-refractivity contribution in [2.45, 2.75) is 64.6 Å². The average molecular weight is 556 g/mol. The zero-order chi connectivity index (χ0) is 24.0. The number of benzene rings is 2. The standard InChI is InChI=1S/C25H29BrCl2N2O3/c1-16-12-20(9-10-21(16)26)33-15-24(31)30(14-18-8-11-22(27)23(28)13-18)17(2)25(32)29-19-6-4-3-5-7-19/h8-13,17,19H,3-7,14-15H2,1-2H3,(H,29,32). The molecule has 1 aliphatic rings. The maximum Gasteiger partial charge on any atom is 0.261 e. The maximum atomic E-state index is 13.2. The van der Waals surface area contributed by atoms with E-state index in [1.165, 1.54) is 11.3 Å². The van der Waals surface area contributed by atoms with Crippen molar-refractivity contribution < 1.29 is 14.3 Å². The summed E-state index contributed by atoms with van der Waals surface area (Å²) >= 11 is 15.7. The van der Waals surface area contributed by atoms with Gasteiger partial charge in [-0.3, -0.25) is 9.59 Å². The van der Waals surface area contributed by atoms with Crippen LogP contribution in [0.4, 0.5) is 0 Å². The molecule has 1 fully saturated rings. The average Bonchev–Trinajstić information content (AvgIpc) is 2.80. The molecular weight excluding hydrogens is 527 g/mol. The van der Waals surface area contributed by atoms with Crippen molar-refractivity contribution in [3.05, 3.63) is 62.0 Å². The van der Waals surface area contributed by atoms with Crippen molar-refractivity contribution in [3.63, 3.8) is 0 Å². The van der Waals surface area contributed by atoms with E-state index in [1.807, 2.05) is 19.1 Å². The lowest BCUT2D eigenvalue weighted by Gasteiger charge is -2.31. The van der Waals surface area contributed by atoms with Crippen molar-refractivity contribution in [1.82, 2.24) is 10.2 Å². The van der Waals surface area contributed by atoms with Gasteiger partial charge in [-0.25, -0.2) is 0 Å². The van der Waals surface area contributed by atoms with Gasteiger partial charge in [0.15, 0.2) is 6.61 Å². The molecule has 3 rings (SSSR count). The topological polar surface area (TPSA) is 58.6 Å². The SMILES string of the molecule is Cc1cc(OCC(=O)N(Cc2ccc(Cl)c(Cl)c2)C(C)C(=O)NC2CCCCC2)ccc1Br. The third-order valence-corrected chi connectivity index (χ3v) is 7.58. The summed E-state index contributed by atoms with van der Waals surface area (Å²) in [6.07, 6.45) is 5.39. The summed E-state index contributed by atoms with van der Waals surface area (Å²) in [6, 6.07) is 10.3. The van der Waals surface area contributed by atoms with E-state index in [9.17, 15) is 9.59 Å². The first kappa shape index (κ1) is 25.9. The Labute approximate surface area is 213 Å². The van der Waals surface area contributed by atoms with Gasteiger partial charge in [-0.15, -0.1) is 0 Å². The molecule has 0 aliphatic heterocycles. The minimum absolute atomic E-state index is 0.158. The van der Waals surface area contributed by atoms with Crippen LogP contribution in [0, 0.1) is 6.92 Å². The predicted octanol–water partition coefficient (Wildman–Crippen LogP) is 6.31. The summed E-state index contributed by atoms with van der Waals surface area (Å²) in [6.45, 7) is 3.74. The van der Waals surface area contributed by atoms with Crippen LogP contribution in [0.2, 0.25) is 10.0 Å². The highest BCUT2D eigenvalue weighted by Crippen LogP contribution is 2.25. The number of aryl methyl sites for hydroxylation is 1. The number of halogens is 3. The fourth-order valence-electron chi connectivity index (χ4n) is 3.92. The molecule has 1 unspecified atom stereocenters. The van der Waals surface area contributed by atoms with Gasteiger partial charge in [0, 0.05) is 17.1 Å². The van der Waals surface area contributed by atoms with Crippen LogP contribution in [-0.4, -0.2) is 35.4 Å². The molecule has 0 bridgehead atoms. The number of nitrogens with zero attached hydrogens (tertiary/aromatic N) is 1. The molecule has 5 nitrogen and oxygen atoms in total. The van der Waals surface area contributed by atoms with Crippen molar-refractivity contribution in [1.29, 1.82) is 0 Å². The molecule has 8 heteroatoms. The van der Waals surface area contributed by atoms with Gasteiger partial charge in [0.1, 0.15) is 11.8 Å². The smallest absolute Gasteiger partial charge is 0.261 e. The molecule has 1 saturated carbocycles. The summed E-state index contributed by atoms with van der Waals surface area (Å²) in [5.41, 5.74) is 1.79. The van der Waals surface area contributed by atoms with E-state index in [0.29, 0.717) is 15.8 Å². The second-order valence-corrected chi connectivity index (χ2v) is 10.2. The zero-order valence-corrected chi connectivity index (χ0v) is 22.0. The maximum absolute atomic E-state index is 13.2. The summed E-state index contributed by atoms with van der Waals surface area (Å²) in [5.74, 6) is 0.153. The molecule has 33 heavy (non-hydrogen) atoms. The number of carbonyl (C=O) groups excluding carboxylic acids is 2. The second kappa shape index (κ2) is 12.1. The zero-order valence-electron chi connectivity index (χ0n) is 18.9. The van der Waals surface area contributed by atoms with Crippen LogP contribution in [0.1, 0.15) is 50.2 Å².